The third-order valence-electron chi connectivity index (χ3n) is 3.03. The van der Waals surface area contributed by atoms with Crippen molar-refractivity contribution in [3.63, 3.8) is 0 Å². The van der Waals surface area contributed by atoms with Gasteiger partial charge >= 0.3 is 5.97 Å². The second-order valence-electron chi connectivity index (χ2n) is 4.15. The summed E-state index contributed by atoms with van der Waals surface area (Å²) >= 11 is 0. The van der Waals surface area contributed by atoms with Crippen molar-refractivity contribution in [2.75, 3.05) is 12.3 Å². The van der Waals surface area contributed by atoms with Crippen LogP contribution in [0.3, 0.4) is 0 Å². The number of rotatable bonds is 4. The van der Waals surface area contributed by atoms with E-state index < -0.39 is 5.97 Å². The van der Waals surface area contributed by atoms with E-state index in [1.165, 1.54) is 19.3 Å². The number of carbonyl (C=O) groups excluding carboxylic acids is 1. The molecule has 1 saturated carbocycles. The van der Waals surface area contributed by atoms with Crippen LogP contribution in [0.4, 0.5) is 5.82 Å². The fraction of sp³-hybridized carbons (Fsp3) is 0.636. The van der Waals surface area contributed by atoms with Gasteiger partial charge in [-0.1, -0.05) is 6.42 Å². The number of carbonyl (C=O) groups is 1. The summed E-state index contributed by atoms with van der Waals surface area (Å²) in [7, 11) is 0. The molecule has 0 radical (unpaired) electrons. The van der Waals surface area contributed by atoms with Crippen LogP contribution in [0.25, 0.3) is 0 Å². The van der Waals surface area contributed by atoms with Gasteiger partial charge in [0, 0.05) is 6.54 Å². The Bertz CT molecular complexity index is 383. The lowest BCUT2D eigenvalue weighted by Gasteiger charge is -2.25. The number of nitrogens with two attached hydrogens (primary N) is 1. The van der Waals surface area contributed by atoms with Gasteiger partial charge in [0.15, 0.2) is 5.69 Å². The first-order valence-corrected chi connectivity index (χ1v) is 5.70. The Morgan fingerprint density at radius 3 is 3.00 bits per heavy atom. The van der Waals surface area contributed by atoms with Gasteiger partial charge in [-0.25, -0.2) is 9.78 Å². The maximum absolute atomic E-state index is 11.5. The number of esters is 1. The Morgan fingerprint density at radius 1 is 1.69 bits per heavy atom. The quantitative estimate of drug-likeness (QED) is 0.784. The zero-order valence-corrected chi connectivity index (χ0v) is 9.48. The molecule has 2 rings (SSSR count). The summed E-state index contributed by atoms with van der Waals surface area (Å²) in [5, 5.41) is 0. The molecule has 0 atom stereocenters. The molecule has 0 aromatic carbocycles. The van der Waals surface area contributed by atoms with Gasteiger partial charge in [0.1, 0.15) is 5.82 Å². The molecule has 1 heterocycles. The Labute approximate surface area is 94.6 Å². The van der Waals surface area contributed by atoms with E-state index >= 15 is 0 Å². The summed E-state index contributed by atoms with van der Waals surface area (Å²) in [6.07, 6.45) is 5.41. The smallest absolute Gasteiger partial charge is 0.360 e. The molecule has 2 N–H and O–H groups in total. The van der Waals surface area contributed by atoms with Crippen LogP contribution in [0.2, 0.25) is 0 Å². The molecule has 5 nitrogen and oxygen atoms in total. The minimum absolute atomic E-state index is 0.237. The average molecular weight is 223 g/mol. The molecule has 0 amide bonds. The average Bonchev–Trinajstić information content (AvgIpc) is 2.54. The lowest BCUT2D eigenvalue weighted by atomic mass is 9.85. The molecule has 1 aromatic rings. The number of imidazole rings is 1. The summed E-state index contributed by atoms with van der Waals surface area (Å²) in [5.74, 6) is 0.671. The van der Waals surface area contributed by atoms with Crippen molar-refractivity contribution in [3.05, 3.63) is 12.0 Å². The highest BCUT2D eigenvalue weighted by molar-refractivity contribution is 5.92. The standard InChI is InChI=1S/C11H17N3O2/c1-2-16-11(15)9-10(12)14(7-13-9)6-8-4-3-5-8/h7-8H,2-6,12H2,1H3. The molecule has 16 heavy (non-hydrogen) atoms. The zero-order valence-electron chi connectivity index (χ0n) is 9.48. The predicted molar refractivity (Wildman–Crippen MR) is 59.9 cm³/mol. The van der Waals surface area contributed by atoms with Crippen molar-refractivity contribution >= 4 is 11.8 Å². The largest absolute Gasteiger partial charge is 0.461 e. The highest BCUT2D eigenvalue weighted by atomic mass is 16.5. The van der Waals surface area contributed by atoms with Crippen molar-refractivity contribution in [1.29, 1.82) is 0 Å². The molecule has 5 heteroatoms. The Morgan fingerprint density at radius 2 is 2.44 bits per heavy atom. The Balaban J connectivity index is 2.06. The lowest BCUT2D eigenvalue weighted by Crippen LogP contribution is -2.19. The molecule has 0 bridgehead atoms. The van der Waals surface area contributed by atoms with E-state index in [-0.39, 0.29) is 5.69 Å². The van der Waals surface area contributed by atoms with Crippen LogP contribution in [-0.4, -0.2) is 22.1 Å². The van der Waals surface area contributed by atoms with Gasteiger partial charge in [-0.15, -0.1) is 0 Å². The predicted octanol–water partition coefficient (Wildman–Crippen LogP) is 1.44. The van der Waals surface area contributed by atoms with Crippen molar-refractivity contribution in [2.45, 2.75) is 32.7 Å². The molecule has 0 aliphatic heterocycles. The Hall–Kier alpha value is -1.52. The molecule has 0 spiro atoms. The topological polar surface area (TPSA) is 70.1 Å². The van der Waals surface area contributed by atoms with E-state index in [0.717, 1.165) is 6.54 Å². The van der Waals surface area contributed by atoms with Crippen LogP contribution in [0.15, 0.2) is 6.33 Å². The van der Waals surface area contributed by atoms with Crippen LogP contribution in [0, 0.1) is 5.92 Å². The molecule has 1 aromatic heterocycles. The minimum Gasteiger partial charge on any atom is -0.461 e. The van der Waals surface area contributed by atoms with Gasteiger partial charge in [0.05, 0.1) is 12.9 Å². The third-order valence-corrected chi connectivity index (χ3v) is 3.03. The fourth-order valence-electron chi connectivity index (χ4n) is 1.85. The number of hydrogen-bond donors (Lipinski definition) is 1. The van der Waals surface area contributed by atoms with E-state index in [9.17, 15) is 4.79 Å². The summed E-state index contributed by atoms with van der Waals surface area (Å²) in [5.41, 5.74) is 6.10. The molecule has 0 unspecified atom stereocenters. The van der Waals surface area contributed by atoms with E-state index in [1.54, 1.807) is 13.3 Å². The summed E-state index contributed by atoms with van der Waals surface area (Å²) in [6.45, 7) is 2.96. The fourth-order valence-corrected chi connectivity index (χ4v) is 1.85. The highest BCUT2D eigenvalue weighted by Gasteiger charge is 2.21. The number of nitrogens with zero attached hydrogens (tertiary/aromatic N) is 2. The van der Waals surface area contributed by atoms with Crippen molar-refractivity contribution in [3.8, 4) is 0 Å². The minimum atomic E-state index is -0.438. The lowest BCUT2D eigenvalue weighted by molar-refractivity contribution is 0.0521. The zero-order chi connectivity index (χ0) is 11.5. The summed E-state index contributed by atoms with van der Waals surface area (Å²) < 4.78 is 6.72. The van der Waals surface area contributed by atoms with Crippen molar-refractivity contribution in [2.24, 2.45) is 5.92 Å². The Kier molecular flexibility index (Phi) is 3.12. The number of nitrogen functional groups attached to an aromatic ring is 1. The summed E-state index contributed by atoms with van der Waals surface area (Å²) in [4.78, 5) is 15.5. The van der Waals surface area contributed by atoms with Gasteiger partial charge in [-0.2, -0.15) is 0 Å². The van der Waals surface area contributed by atoms with Gasteiger partial charge in [-0.3, -0.25) is 0 Å². The van der Waals surface area contributed by atoms with Gasteiger partial charge in [0.2, 0.25) is 0 Å². The van der Waals surface area contributed by atoms with Crippen LogP contribution < -0.4 is 5.73 Å². The first kappa shape index (κ1) is 11.0. The van der Waals surface area contributed by atoms with Crippen LogP contribution in [0.5, 0.6) is 0 Å². The molecule has 0 saturated heterocycles. The van der Waals surface area contributed by atoms with Gasteiger partial charge < -0.3 is 15.0 Å². The van der Waals surface area contributed by atoms with Crippen molar-refractivity contribution in [1.82, 2.24) is 9.55 Å². The maximum Gasteiger partial charge on any atom is 0.360 e. The summed E-state index contributed by atoms with van der Waals surface area (Å²) in [6, 6.07) is 0. The van der Waals surface area contributed by atoms with Crippen LogP contribution in [-0.2, 0) is 11.3 Å². The number of ether oxygens (including phenoxy) is 1. The molecule has 88 valence electrons. The van der Waals surface area contributed by atoms with E-state index in [0.29, 0.717) is 18.3 Å². The second kappa shape index (κ2) is 4.55. The van der Waals surface area contributed by atoms with Gasteiger partial charge in [-0.05, 0) is 25.7 Å². The molecule has 1 aliphatic rings. The number of aromatic nitrogens is 2. The van der Waals surface area contributed by atoms with E-state index in [1.807, 2.05) is 4.57 Å². The van der Waals surface area contributed by atoms with E-state index in [4.69, 9.17) is 10.5 Å². The highest BCUT2D eigenvalue weighted by Crippen LogP contribution is 2.29. The normalized spacial score (nSPS) is 15.8. The van der Waals surface area contributed by atoms with Gasteiger partial charge in [0.25, 0.3) is 0 Å². The molecular weight excluding hydrogens is 206 g/mol. The first-order valence-electron chi connectivity index (χ1n) is 5.70. The van der Waals surface area contributed by atoms with Crippen LogP contribution >= 0.6 is 0 Å². The van der Waals surface area contributed by atoms with Crippen LogP contribution in [0.1, 0.15) is 36.7 Å². The molecule has 1 aliphatic carbocycles. The maximum atomic E-state index is 11.5. The monoisotopic (exact) mass is 223 g/mol. The first-order chi connectivity index (χ1) is 7.72. The number of anilines is 1. The van der Waals surface area contributed by atoms with Crippen molar-refractivity contribution < 1.29 is 9.53 Å². The number of hydrogen-bond acceptors (Lipinski definition) is 4. The second-order valence-corrected chi connectivity index (χ2v) is 4.15. The van der Waals surface area contributed by atoms with E-state index in [2.05, 4.69) is 4.98 Å². The SMILES string of the molecule is CCOC(=O)c1ncn(CC2CCC2)c1N. The molecule has 1 fully saturated rings. The molecular formula is C11H17N3O2. The third kappa shape index (κ3) is 2.03.